The van der Waals surface area contributed by atoms with Gasteiger partial charge in [0, 0.05) is 24.3 Å². The molecule has 0 unspecified atom stereocenters. The minimum absolute atomic E-state index is 0.100. The van der Waals surface area contributed by atoms with E-state index in [2.05, 4.69) is 15.4 Å². The lowest BCUT2D eigenvalue weighted by molar-refractivity contribution is -0.133. The van der Waals surface area contributed by atoms with Crippen molar-refractivity contribution < 1.29 is 28.2 Å². The maximum Gasteiger partial charge on any atom is 0.337 e. The zero-order valence-electron chi connectivity index (χ0n) is 21.3. The summed E-state index contributed by atoms with van der Waals surface area (Å²) in [6.45, 7) is 0.452. The van der Waals surface area contributed by atoms with Crippen molar-refractivity contribution in [3.63, 3.8) is 0 Å². The number of methoxy groups -OCH3 is 1. The van der Waals surface area contributed by atoms with Gasteiger partial charge in [-0.25, -0.2) is 14.5 Å². The summed E-state index contributed by atoms with van der Waals surface area (Å²) in [6.07, 6.45) is 1.36. The molecule has 3 aromatic rings. The second-order valence-corrected chi connectivity index (χ2v) is 9.06. The molecule has 0 saturated carbocycles. The van der Waals surface area contributed by atoms with E-state index in [1.54, 1.807) is 24.3 Å². The molecule has 1 aliphatic heterocycles. The minimum Gasteiger partial charge on any atom is -0.465 e. The van der Waals surface area contributed by atoms with Gasteiger partial charge in [-0.1, -0.05) is 30.3 Å². The predicted molar refractivity (Wildman–Crippen MR) is 142 cm³/mol. The Morgan fingerprint density at radius 3 is 2.45 bits per heavy atom. The van der Waals surface area contributed by atoms with Crippen molar-refractivity contribution in [1.82, 2.24) is 4.90 Å². The third-order valence-electron chi connectivity index (χ3n) is 6.38. The first kappa shape index (κ1) is 26.8. The van der Waals surface area contributed by atoms with Gasteiger partial charge in [-0.2, -0.15) is 4.39 Å². The largest absolute Gasteiger partial charge is 0.465 e. The first-order chi connectivity index (χ1) is 18.3. The first-order valence-corrected chi connectivity index (χ1v) is 12.3. The quantitative estimate of drug-likeness (QED) is 0.293. The number of ketones is 1. The van der Waals surface area contributed by atoms with E-state index in [9.17, 15) is 14.4 Å². The molecule has 4 rings (SSSR count). The highest BCUT2D eigenvalue weighted by Crippen LogP contribution is 2.26. The number of anilines is 2. The number of Topliss-reactive ketones (excluding diaryl/α,β-unsaturated/α-hetero) is 1. The van der Waals surface area contributed by atoms with Gasteiger partial charge in [-0.05, 0) is 73.4 Å². The fourth-order valence-corrected chi connectivity index (χ4v) is 4.45. The number of carbonyl (C=O) groups excluding carboxylic acids is 3. The lowest BCUT2D eigenvalue weighted by Gasteiger charge is -2.27. The van der Waals surface area contributed by atoms with Gasteiger partial charge >= 0.3 is 12.0 Å². The van der Waals surface area contributed by atoms with E-state index in [1.807, 2.05) is 31.2 Å². The summed E-state index contributed by atoms with van der Waals surface area (Å²) >= 11 is 0. The number of para-hydroxylation sites is 1. The molecule has 1 saturated heterocycles. The Morgan fingerprint density at radius 2 is 1.76 bits per heavy atom. The van der Waals surface area contributed by atoms with Crippen LogP contribution in [0.25, 0.3) is 0 Å². The highest BCUT2D eigenvalue weighted by Gasteiger charge is 2.36. The Bertz CT molecular complexity index is 1280. The van der Waals surface area contributed by atoms with Crippen molar-refractivity contribution in [1.29, 1.82) is 0 Å². The van der Waals surface area contributed by atoms with Crippen molar-refractivity contribution in [2.24, 2.45) is 0 Å². The minimum atomic E-state index is -1.80. The highest BCUT2D eigenvalue weighted by molar-refractivity contribution is 6.00. The second-order valence-electron chi connectivity index (χ2n) is 9.06. The summed E-state index contributed by atoms with van der Waals surface area (Å²) < 4.78 is 25.2. The standard InChI is InChI=1S/C29H30FN3O5/c1-19-17-20(10-15-24(19)32-29(36)31-22-7-4-3-5-8-22)18-26(34)25-9-6-16-33(25)28(30)38-23-13-11-21(12-14-23)27(35)37-2/h3-5,7-8,10-15,17,25,28H,6,9,16,18H2,1-2H3,(H2,31,32,36)/t25-,28-/m0/s1. The van der Waals surface area contributed by atoms with Crippen LogP contribution < -0.4 is 15.4 Å². The van der Waals surface area contributed by atoms with Gasteiger partial charge in [0.05, 0.1) is 18.7 Å². The number of esters is 1. The number of ether oxygens (including phenoxy) is 2. The molecule has 0 aromatic heterocycles. The average Bonchev–Trinajstić information content (AvgIpc) is 3.41. The van der Waals surface area contributed by atoms with E-state index in [-0.39, 0.29) is 24.0 Å². The molecule has 8 nitrogen and oxygen atoms in total. The first-order valence-electron chi connectivity index (χ1n) is 12.3. The van der Waals surface area contributed by atoms with Crippen LogP contribution in [0.4, 0.5) is 20.6 Å². The molecule has 1 fully saturated rings. The van der Waals surface area contributed by atoms with Crippen LogP contribution in [0.2, 0.25) is 0 Å². The summed E-state index contributed by atoms with van der Waals surface area (Å²) in [6, 6.07) is 19.5. The molecule has 2 atom stereocenters. The predicted octanol–water partition coefficient (Wildman–Crippen LogP) is 5.33. The number of halogens is 1. The van der Waals surface area contributed by atoms with Gasteiger partial charge in [0.2, 0.25) is 0 Å². The molecular weight excluding hydrogens is 489 g/mol. The molecule has 9 heteroatoms. The lowest BCUT2D eigenvalue weighted by atomic mass is 10.00. The van der Waals surface area contributed by atoms with Crippen molar-refractivity contribution in [2.45, 2.75) is 38.7 Å². The number of alkyl halides is 1. The van der Waals surface area contributed by atoms with E-state index in [1.165, 1.54) is 36.3 Å². The Labute approximate surface area is 220 Å². The average molecular weight is 520 g/mol. The van der Waals surface area contributed by atoms with E-state index in [4.69, 9.17) is 4.74 Å². The molecule has 38 heavy (non-hydrogen) atoms. The maximum atomic E-state index is 15.1. The van der Waals surface area contributed by atoms with Gasteiger partial charge in [-0.3, -0.25) is 4.79 Å². The number of amides is 2. The zero-order valence-corrected chi connectivity index (χ0v) is 21.3. The zero-order chi connectivity index (χ0) is 27.1. The fourth-order valence-electron chi connectivity index (χ4n) is 4.45. The maximum absolute atomic E-state index is 15.1. The Balaban J connectivity index is 1.33. The van der Waals surface area contributed by atoms with E-state index >= 15 is 4.39 Å². The summed E-state index contributed by atoms with van der Waals surface area (Å²) in [7, 11) is 1.28. The summed E-state index contributed by atoms with van der Waals surface area (Å²) in [5, 5.41) is 5.58. The molecule has 0 aliphatic carbocycles. The molecular formula is C29H30FN3O5. The van der Waals surface area contributed by atoms with Crippen molar-refractivity contribution in [2.75, 3.05) is 24.3 Å². The molecule has 2 N–H and O–H groups in total. The fraction of sp³-hybridized carbons (Fsp3) is 0.276. The number of rotatable bonds is 9. The monoisotopic (exact) mass is 519 g/mol. The third kappa shape index (κ3) is 6.74. The number of urea groups is 1. The number of hydrogen-bond donors (Lipinski definition) is 2. The van der Waals surface area contributed by atoms with Crippen LogP contribution in [-0.2, 0) is 16.0 Å². The third-order valence-corrected chi connectivity index (χ3v) is 6.38. The number of likely N-dealkylation sites (tertiary alicyclic amines) is 1. The van der Waals surface area contributed by atoms with Gasteiger partial charge in [-0.15, -0.1) is 0 Å². The molecule has 2 amide bonds. The Kier molecular flexibility index (Phi) is 8.70. The van der Waals surface area contributed by atoms with Crippen LogP contribution in [0.1, 0.15) is 34.3 Å². The van der Waals surface area contributed by atoms with Crippen LogP contribution in [0, 0.1) is 6.92 Å². The van der Waals surface area contributed by atoms with Gasteiger partial charge < -0.3 is 20.1 Å². The molecule has 0 spiro atoms. The molecule has 1 heterocycles. The summed E-state index contributed by atoms with van der Waals surface area (Å²) in [5.74, 6) is -0.344. The van der Waals surface area contributed by atoms with Crippen molar-refractivity contribution >= 4 is 29.2 Å². The molecule has 1 aliphatic rings. The van der Waals surface area contributed by atoms with Gasteiger partial charge in [0.1, 0.15) is 5.75 Å². The van der Waals surface area contributed by atoms with Crippen LogP contribution >= 0.6 is 0 Å². The van der Waals surface area contributed by atoms with E-state index in [0.29, 0.717) is 36.3 Å². The van der Waals surface area contributed by atoms with Gasteiger partial charge in [0.15, 0.2) is 5.78 Å². The number of benzene rings is 3. The van der Waals surface area contributed by atoms with Crippen molar-refractivity contribution in [3.8, 4) is 5.75 Å². The van der Waals surface area contributed by atoms with Gasteiger partial charge in [0.25, 0.3) is 6.48 Å². The normalized spacial score (nSPS) is 15.9. The Hall–Kier alpha value is -4.24. The lowest BCUT2D eigenvalue weighted by Crippen LogP contribution is -2.44. The number of nitrogens with zero attached hydrogens (tertiary/aromatic N) is 1. The number of carbonyl (C=O) groups is 3. The molecule has 198 valence electrons. The molecule has 3 aromatic carbocycles. The van der Waals surface area contributed by atoms with Crippen LogP contribution in [0.3, 0.4) is 0 Å². The number of nitrogens with one attached hydrogen (secondary N) is 2. The summed E-state index contributed by atoms with van der Waals surface area (Å²) in [5.41, 5.74) is 3.23. The highest BCUT2D eigenvalue weighted by atomic mass is 19.1. The summed E-state index contributed by atoms with van der Waals surface area (Å²) in [4.78, 5) is 38.4. The van der Waals surface area contributed by atoms with Crippen LogP contribution in [0.15, 0.2) is 72.8 Å². The SMILES string of the molecule is COC(=O)c1ccc(O[C@@H](F)N2CCC[C@H]2C(=O)Cc2ccc(NC(=O)Nc3ccccc3)c(C)c2)cc1. The number of aryl methyl sites for hydroxylation is 1. The molecule has 0 bridgehead atoms. The Morgan fingerprint density at radius 1 is 1.03 bits per heavy atom. The smallest absolute Gasteiger partial charge is 0.337 e. The van der Waals surface area contributed by atoms with Crippen LogP contribution in [0.5, 0.6) is 5.75 Å². The van der Waals surface area contributed by atoms with E-state index < -0.39 is 18.5 Å². The van der Waals surface area contributed by atoms with E-state index in [0.717, 1.165) is 11.1 Å². The molecule has 0 radical (unpaired) electrons. The van der Waals surface area contributed by atoms with Crippen molar-refractivity contribution in [3.05, 3.63) is 89.5 Å². The van der Waals surface area contributed by atoms with Crippen LogP contribution in [-0.4, -0.2) is 48.9 Å². The topological polar surface area (TPSA) is 97.0 Å². The second kappa shape index (κ2) is 12.3. The number of hydrogen-bond acceptors (Lipinski definition) is 6.